The first-order chi connectivity index (χ1) is 16.6. The molecule has 0 fully saturated rings. The van der Waals surface area contributed by atoms with Crippen LogP contribution in [0.2, 0.25) is 0 Å². The number of unbranched alkanes of at least 4 members (excludes halogenated alkanes) is 1. The second kappa shape index (κ2) is 10.9. The second-order valence-corrected chi connectivity index (χ2v) is 8.94. The number of aryl methyl sites for hydroxylation is 1. The van der Waals surface area contributed by atoms with E-state index in [0.29, 0.717) is 0 Å². The molecule has 0 N–H and O–H groups in total. The minimum absolute atomic E-state index is 0.953. The topological polar surface area (TPSA) is 19.4 Å². The lowest BCUT2D eigenvalue weighted by molar-refractivity contribution is 0.604. The zero-order chi connectivity index (χ0) is 24.1. The first-order valence-electron chi connectivity index (χ1n) is 13.1. The maximum Gasteiger partial charge on any atom is 0.203 e. The molecule has 3 nitrogen and oxygen atoms in total. The van der Waals surface area contributed by atoms with E-state index in [1.165, 1.54) is 51.5 Å². The summed E-state index contributed by atoms with van der Waals surface area (Å²) in [5.41, 5.74) is 7.38. The van der Waals surface area contributed by atoms with Crippen LogP contribution in [0.1, 0.15) is 53.0 Å². The van der Waals surface area contributed by atoms with E-state index in [1.807, 2.05) is 0 Å². The van der Waals surface area contributed by atoms with Gasteiger partial charge in [-0.3, -0.25) is 0 Å². The molecule has 2 aliphatic rings. The Morgan fingerprint density at radius 1 is 0.794 bits per heavy atom. The van der Waals surface area contributed by atoms with Crippen LogP contribution in [0, 0.1) is 0 Å². The third-order valence-corrected chi connectivity index (χ3v) is 7.03. The van der Waals surface area contributed by atoms with Crippen LogP contribution in [0.4, 0.5) is 5.69 Å². The minimum Gasteiger partial charge on any atom is -0.456 e. The molecule has 4 rings (SSSR count). The Balaban J connectivity index is 2.07. The second-order valence-electron chi connectivity index (χ2n) is 8.94. The van der Waals surface area contributed by atoms with E-state index in [1.54, 1.807) is 0 Å². The van der Waals surface area contributed by atoms with Crippen molar-refractivity contribution in [2.45, 2.75) is 53.9 Å². The van der Waals surface area contributed by atoms with E-state index in [9.17, 15) is 0 Å². The van der Waals surface area contributed by atoms with Crippen molar-refractivity contribution < 1.29 is 4.42 Å². The lowest BCUT2D eigenvalue weighted by Crippen LogP contribution is -2.29. The van der Waals surface area contributed by atoms with Crippen molar-refractivity contribution in [2.75, 3.05) is 31.1 Å². The van der Waals surface area contributed by atoms with Crippen LogP contribution in [0.25, 0.3) is 33.4 Å². The zero-order valence-electron chi connectivity index (χ0n) is 21.5. The Kier molecular flexibility index (Phi) is 7.72. The standard InChI is InChI=1S/C31H39N2O/c1-6-11-14-23-15-12-13-16-26(23)31-27-19-17-24(32(7-2)8-3)21-29(27)34-30-22-25(18-20-28(30)31)33(9-4)10-5/h12-13,15-22H,6-11,14H2,1-5H3/q+1. The average Bonchev–Trinajstić information content (AvgIpc) is 2.87. The summed E-state index contributed by atoms with van der Waals surface area (Å²) in [7, 11) is 0. The van der Waals surface area contributed by atoms with E-state index < -0.39 is 0 Å². The van der Waals surface area contributed by atoms with Crippen LogP contribution in [0.15, 0.2) is 65.1 Å². The van der Waals surface area contributed by atoms with E-state index in [-0.39, 0.29) is 0 Å². The summed E-state index contributed by atoms with van der Waals surface area (Å²) in [6.07, 6.45) is 3.49. The summed E-state index contributed by atoms with van der Waals surface area (Å²) in [6.45, 7) is 15.0. The summed E-state index contributed by atoms with van der Waals surface area (Å²) in [4.78, 5) is 2.38. The third-order valence-electron chi connectivity index (χ3n) is 7.03. The Morgan fingerprint density at radius 2 is 1.56 bits per heavy atom. The van der Waals surface area contributed by atoms with E-state index in [2.05, 4.69) is 105 Å². The molecule has 0 saturated carbocycles. The number of nitrogens with zero attached hydrogens (tertiary/aromatic N) is 2. The third kappa shape index (κ3) is 4.61. The van der Waals surface area contributed by atoms with Crippen molar-refractivity contribution in [1.29, 1.82) is 0 Å². The summed E-state index contributed by atoms with van der Waals surface area (Å²) in [5.74, 6) is 0.953. The van der Waals surface area contributed by atoms with Gasteiger partial charge >= 0.3 is 0 Å². The van der Waals surface area contributed by atoms with E-state index in [4.69, 9.17) is 4.42 Å². The largest absolute Gasteiger partial charge is 0.456 e. The summed E-state index contributed by atoms with van der Waals surface area (Å²) < 4.78 is 9.01. The summed E-state index contributed by atoms with van der Waals surface area (Å²) in [6, 6.07) is 22.4. The molecule has 2 aromatic rings. The monoisotopic (exact) mass is 455 g/mol. The van der Waals surface area contributed by atoms with Crippen LogP contribution >= 0.6 is 0 Å². The molecule has 0 radical (unpaired) electrons. The smallest absolute Gasteiger partial charge is 0.203 e. The van der Waals surface area contributed by atoms with Crippen molar-refractivity contribution in [1.82, 2.24) is 4.58 Å². The molecule has 178 valence electrons. The van der Waals surface area contributed by atoms with Crippen LogP contribution in [-0.4, -0.2) is 26.2 Å². The van der Waals surface area contributed by atoms with Crippen molar-refractivity contribution in [3.8, 4) is 22.5 Å². The van der Waals surface area contributed by atoms with Gasteiger partial charge in [0, 0.05) is 47.4 Å². The van der Waals surface area contributed by atoms with Crippen LogP contribution in [-0.2, 0) is 6.42 Å². The van der Waals surface area contributed by atoms with E-state index >= 15 is 0 Å². The number of anilines is 1. The highest BCUT2D eigenvalue weighted by atomic mass is 16.3. The molecule has 0 spiro atoms. The summed E-state index contributed by atoms with van der Waals surface area (Å²) in [5, 5.41) is 2.40. The van der Waals surface area contributed by atoms with Crippen LogP contribution in [0.5, 0.6) is 0 Å². The highest BCUT2D eigenvalue weighted by Crippen LogP contribution is 2.42. The molecular formula is C31H39N2O+. The lowest BCUT2D eigenvalue weighted by Gasteiger charge is -2.23. The van der Waals surface area contributed by atoms with Gasteiger partial charge in [0.1, 0.15) is 24.4 Å². The van der Waals surface area contributed by atoms with Crippen molar-refractivity contribution in [2.24, 2.45) is 0 Å². The zero-order valence-corrected chi connectivity index (χ0v) is 21.5. The Labute approximate surface area is 204 Å². The van der Waals surface area contributed by atoms with Gasteiger partial charge in [0.15, 0.2) is 0 Å². The predicted molar refractivity (Wildman–Crippen MR) is 147 cm³/mol. The predicted octanol–water partition coefficient (Wildman–Crippen LogP) is 7.21. The number of rotatable bonds is 9. The molecule has 3 heteroatoms. The van der Waals surface area contributed by atoms with Gasteiger partial charge in [0.2, 0.25) is 5.36 Å². The van der Waals surface area contributed by atoms with Gasteiger partial charge in [0.25, 0.3) is 0 Å². The fraction of sp³-hybridized carbons (Fsp3) is 0.387. The molecule has 0 aromatic heterocycles. The van der Waals surface area contributed by atoms with Gasteiger partial charge in [-0.25, -0.2) is 4.58 Å². The Hall–Kier alpha value is -3.07. The summed E-state index contributed by atoms with van der Waals surface area (Å²) >= 11 is 0. The highest BCUT2D eigenvalue weighted by molar-refractivity contribution is 6.03. The average molecular weight is 456 g/mol. The normalized spacial score (nSPS) is 11.3. The number of benzene rings is 3. The fourth-order valence-electron chi connectivity index (χ4n) is 5.08. The first-order valence-corrected chi connectivity index (χ1v) is 13.1. The molecule has 34 heavy (non-hydrogen) atoms. The van der Waals surface area contributed by atoms with Gasteiger partial charge < -0.3 is 9.32 Å². The molecule has 0 saturated heterocycles. The Morgan fingerprint density at radius 3 is 2.26 bits per heavy atom. The van der Waals surface area contributed by atoms with Crippen molar-refractivity contribution in [3.05, 3.63) is 71.6 Å². The maximum absolute atomic E-state index is 6.64. The van der Waals surface area contributed by atoms with Gasteiger partial charge in [-0.1, -0.05) is 37.6 Å². The molecule has 2 aromatic carbocycles. The van der Waals surface area contributed by atoms with Gasteiger partial charge in [-0.05, 0) is 69.9 Å². The lowest BCUT2D eigenvalue weighted by atomic mass is 9.89. The van der Waals surface area contributed by atoms with Gasteiger partial charge in [-0.2, -0.15) is 0 Å². The molecule has 1 aliphatic carbocycles. The molecule has 0 unspecified atom stereocenters. The molecule has 0 amide bonds. The van der Waals surface area contributed by atoms with Crippen molar-refractivity contribution in [3.63, 3.8) is 0 Å². The van der Waals surface area contributed by atoms with E-state index in [0.717, 1.165) is 43.9 Å². The highest BCUT2D eigenvalue weighted by Gasteiger charge is 2.20. The fourth-order valence-corrected chi connectivity index (χ4v) is 5.08. The molecule has 1 heterocycles. The van der Waals surface area contributed by atoms with Crippen molar-refractivity contribution >= 4 is 16.7 Å². The van der Waals surface area contributed by atoms with Crippen LogP contribution < -0.4 is 14.8 Å². The molecule has 0 bridgehead atoms. The number of hydrogen-bond acceptors (Lipinski definition) is 2. The number of hydrogen-bond donors (Lipinski definition) is 0. The SMILES string of the molecule is CCCCc1ccccc1-c1c2ccc(=[N+](CC)CC)cc-2oc2cc(N(CC)CC)ccc12. The quantitative estimate of drug-likeness (QED) is 0.196. The maximum atomic E-state index is 6.64. The van der Waals surface area contributed by atoms with Crippen LogP contribution in [0.3, 0.4) is 0 Å². The van der Waals surface area contributed by atoms with Gasteiger partial charge in [-0.15, -0.1) is 0 Å². The minimum atomic E-state index is 0.953. The number of fused-ring (bicyclic) bond motifs is 2. The molecule has 1 aliphatic heterocycles. The first kappa shape index (κ1) is 24.1. The Bertz CT molecular complexity index is 1290. The van der Waals surface area contributed by atoms with Gasteiger partial charge in [0.05, 0.1) is 6.07 Å². The molecular weight excluding hydrogens is 416 g/mol. The molecule has 0 atom stereocenters.